The molecule has 1 aromatic heterocycles. The average Bonchev–Trinajstić information content (AvgIpc) is 3.09. The summed E-state index contributed by atoms with van der Waals surface area (Å²) in [6.45, 7) is 4.08. The first kappa shape index (κ1) is 22.5. The molecule has 2 heterocycles. The lowest BCUT2D eigenvalue weighted by molar-refractivity contribution is -0.118. The Morgan fingerprint density at radius 2 is 2.19 bits per heavy atom. The molecule has 0 radical (unpaired) electrons. The van der Waals surface area contributed by atoms with E-state index in [0.29, 0.717) is 0 Å². The molecule has 1 unspecified atom stereocenters. The first-order chi connectivity index (χ1) is 11.8. The van der Waals surface area contributed by atoms with Gasteiger partial charge in [0.25, 0.3) is 0 Å². The number of aromatic nitrogens is 2. The highest BCUT2D eigenvalue weighted by Crippen LogP contribution is 2.22. The van der Waals surface area contributed by atoms with Crippen molar-refractivity contribution in [3.05, 3.63) is 36.7 Å². The number of imidazole rings is 1. The van der Waals surface area contributed by atoms with Gasteiger partial charge in [0.05, 0.1) is 6.04 Å². The summed E-state index contributed by atoms with van der Waals surface area (Å²) in [7, 11) is 0. The van der Waals surface area contributed by atoms with Crippen LogP contribution in [0.1, 0.15) is 39.0 Å². The number of carbonyl (C=O) groups is 1. The average molecular weight is 399 g/mol. The summed E-state index contributed by atoms with van der Waals surface area (Å²) in [4.78, 5) is 16.9. The number of nitrogens with zero attached hydrogens (tertiary/aromatic N) is 2. The largest absolute Gasteiger partial charge is 0.331 e. The van der Waals surface area contributed by atoms with E-state index in [1.807, 2.05) is 36.7 Å². The Balaban J connectivity index is 0.00000169. The second-order valence-corrected chi connectivity index (χ2v) is 6.37. The first-order valence-electron chi connectivity index (χ1n) is 8.93. The Bertz CT molecular complexity index is 684. The van der Waals surface area contributed by atoms with Crippen LogP contribution < -0.4 is 10.6 Å². The Hall–Kier alpha value is -1.56. The number of nitrogens with one attached hydrogen (secondary N) is 2. The summed E-state index contributed by atoms with van der Waals surface area (Å²) in [5.74, 6) is 1.01. The third kappa shape index (κ3) is 5.73. The van der Waals surface area contributed by atoms with Crippen molar-refractivity contribution >= 4 is 36.4 Å². The Labute approximate surface area is 167 Å². The summed E-state index contributed by atoms with van der Waals surface area (Å²) in [6.07, 6.45) is 9.31. The first-order valence-corrected chi connectivity index (χ1v) is 8.93. The molecule has 0 bridgehead atoms. The van der Waals surface area contributed by atoms with Crippen molar-refractivity contribution in [3.63, 3.8) is 0 Å². The van der Waals surface area contributed by atoms with Gasteiger partial charge in [0.1, 0.15) is 5.82 Å². The number of aryl methyl sites for hydroxylation is 1. The smallest absolute Gasteiger partial charge is 0.241 e. The van der Waals surface area contributed by atoms with Crippen LogP contribution in [-0.4, -0.2) is 28.0 Å². The molecule has 1 atom stereocenters. The number of piperidine rings is 1. The maximum atomic E-state index is 12.4. The van der Waals surface area contributed by atoms with Crippen LogP contribution in [0.5, 0.6) is 0 Å². The number of benzene rings is 1. The molecule has 7 heteroatoms. The second kappa shape index (κ2) is 11.2. The third-order valence-corrected chi connectivity index (χ3v) is 4.48. The number of hydrogen-bond acceptors (Lipinski definition) is 3. The predicted molar refractivity (Wildman–Crippen MR) is 111 cm³/mol. The summed E-state index contributed by atoms with van der Waals surface area (Å²) in [5, 5.41) is 6.32. The molecule has 1 aliphatic rings. The Kier molecular flexibility index (Phi) is 9.70. The molecule has 144 valence electrons. The van der Waals surface area contributed by atoms with E-state index in [9.17, 15) is 4.79 Å². The van der Waals surface area contributed by atoms with Crippen molar-refractivity contribution in [1.82, 2.24) is 14.9 Å². The standard InChI is InChI=1S/C19H26N4O.2ClH/c1-2-3-12-23-13-11-21-18(23)15-7-6-8-16(14-15)22-19(24)17-9-4-5-10-20-17;;/h6-8,11,13-14,17,20H,2-5,9-10,12H2,1H3,(H,22,24);2*1H. The number of halogens is 2. The number of hydrogen-bond donors (Lipinski definition) is 2. The van der Waals surface area contributed by atoms with Crippen molar-refractivity contribution < 1.29 is 4.79 Å². The molecule has 2 aromatic rings. The maximum absolute atomic E-state index is 12.4. The molecule has 2 N–H and O–H groups in total. The van der Waals surface area contributed by atoms with E-state index in [1.165, 1.54) is 0 Å². The number of amides is 1. The number of carbonyl (C=O) groups excluding carboxylic acids is 1. The highest BCUT2D eigenvalue weighted by atomic mass is 35.5. The van der Waals surface area contributed by atoms with Gasteiger partial charge in [-0.1, -0.05) is 31.9 Å². The van der Waals surface area contributed by atoms with Crippen LogP contribution in [-0.2, 0) is 11.3 Å². The molecular weight excluding hydrogens is 371 g/mol. The zero-order valence-corrected chi connectivity index (χ0v) is 16.7. The van der Waals surface area contributed by atoms with E-state index in [1.54, 1.807) is 0 Å². The molecule has 1 aromatic carbocycles. The maximum Gasteiger partial charge on any atom is 0.241 e. The molecule has 0 saturated carbocycles. The summed E-state index contributed by atoms with van der Waals surface area (Å²) < 4.78 is 2.17. The van der Waals surface area contributed by atoms with Crippen LogP contribution in [0.25, 0.3) is 11.4 Å². The fourth-order valence-corrected chi connectivity index (χ4v) is 3.12. The number of anilines is 1. The molecule has 1 fully saturated rings. The van der Waals surface area contributed by atoms with Gasteiger partial charge in [-0.15, -0.1) is 24.8 Å². The van der Waals surface area contributed by atoms with E-state index in [4.69, 9.17) is 0 Å². The van der Waals surface area contributed by atoms with Crippen LogP contribution in [0.3, 0.4) is 0 Å². The zero-order chi connectivity index (χ0) is 16.8. The summed E-state index contributed by atoms with van der Waals surface area (Å²) >= 11 is 0. The van der Waals surface area contributed by atoms with Crippen LogP contribution in [0.2, 0.25) is 0 Å². The SMILES string of the molecule is CCCCn1ccnc1-c1cccc(NC(=O)C2CCCCN2)c1.Cl.Cl. The van der Waals surface area contributed by atoms with Gasteiger partial charge < -0.3 is 15.2 Å². The van der Waals surface area contributed by atoms with Gasteiger partial charge in [-0.3, -0.25) is 4.79 Å². The minimum atomic E-state index is -0.0750. The van der Waals surface area contributed by atoms with Gasteiger partial charge in [-0.05, 0) is 37.9 Å². The molecule has 3 rings (SSSR count). The van der Waals surface area contributed by atoms with Crippen LogP contribution in [0, 0.1) is 0 Å². The van der Waals surface area contributed by atoms with E-state index >= 15 is 0 Å². The Morgan fingerprint density at radius 1 is 1.35 bits per heavy atom. The van der Waals surface area contributed by atoms with Crippen molar-refractivity contribution in [2.75, 3.05) is 11.9 Å². The van der Waals surface area contributed by atoms with E-state index in [-0.39, 0.29) is 36.8 Å². The minimum Gasteiger partial charge on any atom is -0.331 e. The highest BCUT2D eigenvalue weighted by molar-refractivity contribution is 5.95. The topological polar surface area (TPSA) is 59.0 Å². The normalized spacial score (nSPS) is 16.3. The van der Waals surface area contributed by atoms with Gasteiger partial charge in [-0.2, -0.15) is 0 Å². The molecular formula is C19H28Cl2N4O. The zero-order valence-electron chi connectivity index (χ0n) is 15.1. The van der Waals surface area contributed by atoms with E-state index in [0.717, 1.165) is 62.3 Å². The molecule has 0 aliphatic carbocycles. The lowest BCUT2D eigenvalue weighted by Crippen LogP contribution is -2.43. The van der Waals surface area contributed by atoms with Crippen molar-refractivity contribution in [2.45, 2.75) is 51.6 Å². The molecule has 1 aliphatic heterocycles. The molecule has 26 heavy (non-hydrogen) atoms. The van der Waals surface area contributed by atoms with Crippen molar-refractivity contribution in [2.24, 2.45) is 0 Å². The summed E-state index contributed by atoms with van der Waals surface area (Å²) in [6, 6.07) is 7.88. The predicted octanol–water partition coefficient (Wildman–Crippen LogP) is 4.27. The highest BCUT2D eigenvalue weighted by Gasteiger charge is 2.20. The van der Waals surface area contributed by atoms with E-state index in [2.05, 4.69) is 27.1 Å². The van der Waals surface area contributed by atoms with E-state index < -0.39 is 0 Å². The van der Waals surface area contributed by atoms with Crippen molar-refractivity contribution in [1.29, 1.82) is 0 Å². The van der Waals surface area contributed by atoms with Gasteiger partial charge >= 0.3 is 0 Å². The van der Waals surface area contributed by atoms with Gasteiger partial charge in [0, 0.05) is 30.2 Å². The monoisotopic (exact) mass is 398 g/mol. The van der Waals surface area contributed by atoms with Crippen LogP contribution in [0.15, 0.2) is 36.7 Å². The molecule has 5 nitrogen and oxygen atoms in total. The van der Waals surface area contributed by atoms with Gasteiger partial charge in [-0.25, -0.2) is 4.98 Å². The molecule has 1 saturated heterocycles. The summed E-state index contributed by atoms with van der Waals surface area (Å²) in [5.41, 5.74) is 1.86. The quantitative estimate of drug-likeness (QED) is 0.763. The second-order valence-electron chi connectivity index (χ2n) is 6.37. The minimum absolute atomic E-state index is 0. The van der Waals surface area contributed by atoms with Crippen LogP contribution in [0.4, 0.5) is 5.69 Å². The van der Waals surface area contributed by atoms with Crippen molar-refractivity contribution in [3.8, 4) is 11.4 Å². The Morgan fingerprint density at radius 3 is 2.92 bits per heavy atom. The molecule has 1 amide bonds. The molecule has 0 spiro atoms. The fraction of sp³-hybridized carbons (Fsp3) is 0.474. The van der Waals surface area contributed by atoms with Gasteiger partial charge in [0.2, 0.25) is 5.91 Å². The lowest BCUT2D eigenvalue weighted by Gasteiger charge is -2.22. The van der Waals surface area contributed by atoms with Crippen LogP contribution >= 0.6 is 24.8 Å². The fourth-order valence-electron chi connectivity index (χ4n) is 3.12. The third-order valence-electron chi connectivity index (χ3n) is 4.48. The van der Waals surface area contributed by atoms with Gasteiger partial charge in [0.15, 0.2) is 0 Å². The lowest BCUT2D eigenvalue weighted by atomic mass is 10.0. The number of rotatable bonds is 6. The number of unbranched alkanes of at least 4 members (excludes halogenated alkanes) is 1.